The number of halogens is 1. The molecule has 142 valence electrons. The molecule has 0 spiro atoms. The van der Waals surface area contributed by atoms with Crippen LogP contribution in [0, 0.1) is 13.8 Å². The number of aryl methyl sites for hydroxylation is 2. The van der Waals surface area contributed by atoms with E-state index in [-0.39, 0.29) is 5.56 Å². The summed E-state index contributed by atoms with van der Waals surface area (Å²) in [5.74, 6) is -0.388. The molecule has 0 unspecified atom stereocenters. The van der Waals surface area contributed by atoms with Crippen LogP contribution in [0.25, 0.3) is 0 Å². The van der Waals surface area contributed by atoms with E-state index in [1.807, 2.05) is 18.2 Å². The number of carboxylic acids is 1. The van der Waals surface area contributed by atoms with Gasteiger partial charge in [0.1, 0.15) is 12.4 Å². The number of benzene rings is 3. The van der Waals surface area contributed by atoms with Crippen molar-refractivity contribution in [2.45, 2.75) is 20.5 Å². The van der Waals surface area contributed by atoms with Crippen LogP contribution in [-0.2, 0) is 6.61 Å². The third-order valence-electron chi connectivity index (χ3n) is 4.40. The molecule has 3 aromatic rings. The minimum Gasteiger partial charge on any atom is -0.487 e. The topological polar surface area (TPSA) is 58.9 Å². The SMILES string of the molecule is Cc1ccc(N=Cc2ccc(OCc3ccc(C(=O)O)cc3)c(Cl)c2)cc1C. The van der Waals surface area contributed by atoms with Crippen molar-refractivity contribution in [2.75, 3.05) is 0 Å². The number of hydrogen-bond donors (Lipinski definition) is 1. The van der Waals surface area contributed by atoms with Crippen LogP contribution in [-0.4, -0.2) is 17.3 Å². The van der Waals surface area contributed by atoms with E-state index in [1.54, 1.807) is 42.6 Å². The van der Waals surface area contributed by atoms with Crippen LogP contribution >= 0.6 is 11.6 Å². The van der Waals surface area contributed by atoms with Gasteiger partial charge in [0.2, 0.25) is 0 Å². The maximum Gasteiger partial charge on any atom is 0.335 e. The number of carbonyl (C=O) groups is 1. The zero-order valence-electron chi connectivity index (χ0n) is 15.6. The van der Waals surface area contributed by atoms with Gasteiger partial charge in [0.25, 0.3) is 0 Å². The lowest BCUT2D eigenvalue weighted by atomic mass is 10.1. The number of aromatic carboxylic acids is 1. The third-order valence-corrected chi connectivity index (χ3v) is 4.70. The molecule has 0 fully saturated rings. The van der Waals surface area contributed by atoms with E-state index in [1.165, 1.54) is 11.1 Å². The summed E-state index contributed by atoms with van der Waals surface area (Å²) in [6.45, 7) is 4.43. The minimum atomic E-state index is -0.950. The summed E-state index contributed by atoms with van der Waals surface area (Å²) >= 11 is 6.33. The van der Waals surface area contributed by atoms with E-state index < -0.39 is 5.97 Å². The number of nitrogens with zero attached hydrogens (tertiary/aromatic N) is 1. The second kappa shape index (κ2) is 8.72. The standard InChI is InChI=1S/C23H20ClNO3/c1-15-3-9-20(11-16(15)2)25-13-18-6-10-22(21(24)12-18)28-14-17-4-7-19(8-5-17)23(26)27/h3-13H,14H2,1-2H3,(H,26,27). The molecule has 0 saturated carbocycles. The van der Waals surface area contributed by atoms with Crippen LogP contribution in [0.15, 0.2) is 65.7 Å². The summed E-state index contributed by atoms with van der Waals surface area (Å²) in [6.07, 6.45) is 1.77. The van der Waals surface area contributed by atoms with Crippen LogP contribution < -0.4 is 4.74 Å². The maximum absolute atomic E-state index is 10.9. The molecule has 3 aromatic carbocycles. The summed E-state index contributed by atoms with van der Waals surface area (Å²) in [5, 5.41) is 9.42. The quantitative estimate of drug-likeness (QED) is 0.523. The Labute approximate surface area is 169 Å². The molecule has 0 aliphatic rings. The maximum atomic E-state index is 10.9. The Balaban J connectivity index is 1.65. The summed E-state index contributed by atoms with van der Waals surface area (Å²) in [7, 11) is 0. The molecule has 0 aliphatic heterocycles. The summed E-state index contributed by atoms with van der Waals surface area (Å²) in [4.78, 5) is 15.4. The molecule has 0 heterocycles. The first-order valence-electron chi connectivity index (χ1n) is 8.78. The van der Waals surface area contributed by atoms with Crippen molar-refractivity contribution in [1.29, 1.82) is 0 Å². The zero-order chi connectivity index (χ0) is 20.1. The fourth-order valence-electron chi connectivity index (χ4n) is 2.57. The van der Waals surface area contributed by atoms with Gasteiger partial charge in [-0.3, -0.25) is 4.99 Å². The Hall–Kier alpha value is -3.11. The first-order valence-corrected chi connectivity index (χ1v) is 9.16. The Morgan fingerprint density at radius 2 is 1.79 bits per heavy atom. The summed E-state index contributed by atoms with van der Waals surface area (Å²) < 4.78 is 5.75. The van der Waals surface area contributed by atoms with Crippen molar-refractivity contribution in [3.8, 4) is 5.75 Å². The first kappa shape index (κ1) is 19.6. The molecule has 0 amide bonds. The average Bonchev–Trinajstić information content (AvgIpc) is 2.68. The lowest BCUT2D eigenvalue weighted by Gasteiger charge is -2.09. The molecule has 28 heavy (non-hydrogen) atoms. The van der Waals surface area contributed by atoms with Gasteiger partial charge >= 0.3 is 5.97 Å². The molecule has 4 nitrogen and oxygen atoms in total. The van der Waals surface area contributed by atoms with Crippen molar-refractivity contribution < 1.29 is 14.6 Å². The lowest BCUT2D eigenvalue weighted by Crippen LogP contribution is -1.99. The van der Waals surface area contributed by atoms with Gasteiger partial charge in [0.15, 0.2) is 0 Å². The molecule has 0 aliphatic carbocycles. The van der Waals surface area contributed by atoms with E-state index in [4.69, 9.17) is 21.4 Å². The van der Waals surface area contributed by atoms with Gasteiger partial charge in [-0.2, -0.15) is 0 Å². The Kier molecular flexibility index (Phi) is 6.12. The van der Waals surface area contributed by atoms with E-state index >= 15 is 0 Å². The van der Waals surface area contributed by atoms with Crippen molar-refractivity contribution in [2.24, 2.45) is 4.99 Å². The van der Waals surface area contributed by atoms with Gasteiger partial charge in [-0.25, -0.2) is 4.79 Å². The molecule has 0 atom stereocenters. The second-order valence-corrected chi connectivity index (χ2v) is 6.91. The van der Waals surface area contributed by atoms with E-state index in [0.717, 1.165) is 16.8 Å². The number of ether oxygens (including phenoxy) is 1. The molecule has 0 aromatic heterocycles. The number of aliphatic imine (C=N–C) groups is 1. The smallest absolute Gasteiger partial charge is 0.335 e. The van der Waals surface area contributed by atoms with Crippen LogP contribution in [0.5, 0.6) is 5.75 Å². The third kappa shape index (κ3) is 4.99. The van der Waals surface area contributed by atoms with Crippen LogP contribution in [0.4, 0.5) is 5.69 Å². The molecule has 0 saturated heterocycles. The molecule has 1 N–H and O–H groups in total. The van der Waals surface area contributed by atoms with Gasteiger partial charge < -0.3 is 9.84 Å². The van der Waals surface area contributed by atoms with Crippen molar-refractivity contribution >= 4 is 29.5 Å². The average molecular weight is 394 g/mol. The molecular weight excluding hydrogens is 374 g/mol. The zero-order valence-corrected chi connectivity index (χ0v) is 16.4. The second-order valence-electron chi connectivity index (χ2n) is 6.51. The predicted octanol–water partition coefficient (Wildman–Crippen LogP) is 5.98. The Bertz CT molecular complexity index is 1030. The molecular formula is C23H20ClNO3. The largest absolute Gasteiger partial charge is 0.487 e. The van der Waals surface area contributed by atoms with Crippen molar-refractivity contribution in [1.82, 2.24) is 0 Å². The Morgan fingerprint density at radius 1 is 1.04 bits per heavy atom. The first-order chi connectivity index (χ1) is 13.4. The van der Waals surface area contributed by atoms with Crippen LogP contribution in [0.3, 0.4) is 0 Å². The highest BCUT2D eigenvalue weighted by Crippen LogP contribution is 2.26. The van der Waals surface area contributed by atoms with Crippen LogP contribution in [0.1, 0.15) is 32.6 Å². The highest BCUT2D eigenvalue weighted by Gasteiger charge is 2.05. The van der Waals surface area contributed by atoms with Gasteiger partial charge in [-0.1, -0.05) is 29.8 Å². The van der Waals surface area contributed by atoms with Gasteiger partial charge in [0.05, 0.1) is 16.3 Å². The highest BCUT2D eigenvalue weighted by molar-refractivity contribution is 6.32. The summed E-state index contributed by atoms with van der Waals surface area (Å²) in [6, 6.07) is 18.1. The van der Waals surface area contributed by atoms with Gasteiger partial charge in [0, 0.05) is 6.21 Å². The number of hydrogen-bond acceptors (Lipinski definition) is 3. The predicted molar refractivity (Wildman–Crippen MR) is 112 cm³/mol. The Morgan fingerprint density at radius 3 is 2.43 bits per heavy atom. The summed E-state index contributed by atoms with van der Waals surface area (Å²) in [5.41, 5.74) is 5.32. The number of carboxylic acid groups (broad SMARTS) is 1. The van der Waals surface area contributed by atoms with Gasteiger partial charge in [-0.05, 0) is 78.6 Å². The molecule has 3 rings (SSSR count). The van der Waals surface area contributed by atoms with E-state index in [0.29, 0.717) is 17.4 Å². The van der Waals surface area contributed by atoms with Crippen LogP contribution in [0.2, 0.25) is 5.02 Å². The monoisotopic (exact) mass is 393 g/mol. The minimum absolute atomic E-state index is 0.245. The number of rotatable bonds is 6. The van der Waals surface area contributed by atoms with E-state index in [9.17, 15) is 4.79 Å². The fraction of sp³-hybridized carbons (Fsp3) is 0.130. The van der Waals surface area contributed by atoms with Gasteiger partial charge in [-0.15, -0.1) is 0 Å². The van der Waals surface area contributed by atoms with Crippen molar-refractivity contribution in [3.63, 3.8) is 0 Å². The normalized spacial score (nSPS) is 11.0. The molecule has 0 bridgehead atoms. The van der Waals surface area contributed by atoms with E-state index in [2.05, 4.69) is 24.9 Å². The highest BCUT2D eigenvalue weighted by atomic mass is 35.5. The lowest BCUT2D eigenvalue weighted by molar-refractivity contribution is 0.0697. The van der Waals surface area contributed by atoms with Crippen molar-refractivity contribution in [3.05, 3.63) is 93.5 Å². The fourth-order valence-corrected chi connectivity index (χ4v) is 2.82. The molecule has 5 heteroatoms. The molecule has 0 radical (unpaired) electrons.